The van der Waals surface area contributed by atoms with E-state index in [0.717, 1.165) is 18.4 Å². The Bertz CT molecular complexity index is 700. The van der Waals surface area contributed by atoms with Gasteiger partial charge >= 0.3 is 12.1 Å². The van der Waals surface area contributed by atoms with Crippen LogP contribution in [0.4, 0.5) is 4.79 Å². The first-order valence-corrected chi connectivity index (χ1v) is 9.43. The molecular formula is C20H28N2O5. The number of likely N-dealkylation sites (tertiary alicyclic amines) is 1. The molecule has 148 valence electrons. The molecule has 1 saturated heterocycles. The van der Waals surface area contributed by atoms with Gasteiger partial charge in [-0.1, -0.05) is 0 Å². The molecule has 2 fully saturated rings. The van der Waals surface area contributed by atoms with Crippen LogP contribution in [-0.4, -0.2) is 53.3 Å². The number of ether oxygens (including phenoxy) is 3. The maximum atomic E-state index is 12.2. The van der Waals surface area contributed by atoms with Gasteiger partial charge in [0.2, 0.25) is 0 Å². The maximum Gasteiger partial charge on any atom is 0.410 e. The predicted octanol–water partition coefficient (Wildman–Crippen LogP) is 3.14. The second-order valence-corrected chi connectivity index (χ2v) is 8.29. The van der Waals surface area contributed by atoms with Crippen LogP contribution in [0.2, 0.25) is 0 Å². The maximum absolute atomic E-state index is 12.2. The van der Waals surface area contributed by atoms with E-state index >= 15 is 0 Å². The van der Waals surface area contributed by atoms with Crippen LogP contribution in [-0.2, 0) is 14.3 Å². The Morgan fingerprint density at radius 3 is 2.67 bits per heavy atom. The Hall–Kier alpha value is -2.31. The molecule has 3 unspecified atom stereocenters. The minimum Gasteiger partial charge on any atom is -0.490 e. The molecule has 2 aliphatic rings. The van der Waals surface area contributed by atoms with Crippen molar-refractivity contribution in [2.24, 2.45) is 5.92 Å². The Balaban J connectivity index is 1.48. The number of nitrogens with zero attached hydrogens (tertiary/aromatic N) is 2. The van der Waals surface area contributed by atoms with E-state index in [2.05, 4.69) is 4.98 Å². The molecule has 27 heavy (non-hydrogen) atoms. The highest BCUT2D eigenvalue weighted by Gasteiger charge is 2.40. The Labute approximate surface area is 160 Å². The highest BCUT2D eigenvalue weighted by molar-refractivity contribution is 5.69. The number of carbonyl (C=O) groups is 2. The van der Waals surface area contributed by atoms with Crippen molar-refractivity contribution in [2.45, 2.75) is 58.1 Å². The highest BCUT2D eigenvalue weighted by atomic mass is 16.6. The van der Waals surface area contributed by atoms with E-state index in [1.54, 1.807) is 11.1 Å². The minimum absolute atomic E-state index is 0.0288. The molecule has 2 heterocycles. The van der Waals surface area contributed by atoms with Crippen molar-refractivity contribution >= 4 is 12.1 Å². The number of carbonyl (C=O) groups excluding carboxylic acids is 2. The fraction of sp³-hybridized carbons (Fsp3) is 0.650. The van der Waals surface area contributed by atoms with Crippen LogP contribution in [0.1, 0.15) is 52.0 Å². The number of aromatic nitrogens is 1. The number of amides is 1. The van der Waals surface area contributed by atoms with Crippen molar-refractivity contribution in [3.63, 3.8) is 0 Å². The topological polar surface area (TPSA) is 78.0 Å². The Kier molecular flexibility index (Phi) is 5.58. The molecule has 1 saturated carbocycles. The molecule has 0 bridgehead atoms. The van der Waals surface area contributed by atoms with Crippen LogP contribution >= 0.6 is 0 Å². The molecule has 3 rings (SSSR count). The summed E-state index contributed by atoms with van der Waals surface area (Å²) in [4.78, 5) is 29.0. The summed E-state index contributed by atoms with van der Waals surface area (Å²) in [5.41, 5.74) is 0.603. The van der Waals surface area contributed by atoms with Crippen LogP contribution in [0.5, 0.6) is 5.75 Å². The van der Waals surface area contributed by atoms with Crippen LogP contribution in [0, 0.1) is 5.92 Å². The van der Waals surface area contributed by atoms with Crippen LogP contribution in [0.15, 0.2) is 18.5 Å². The summed E-state index contributed by atoms with van der Waals surface area (Å²) in [5.74, 6) is 1.18. The lowest BCUT2D eigenvalue weighted by atomic mass is 10.1. The van der Waals surface area contributed by atoms with Gasteiger partial charge in [-0.3, -0.25) is 9.78 Å². The zero-order chi connectivity index (χ0) is 19.6. The molecular weight excluding hydrogens is 348 g/mol. The van der Waals surface area contributed by atoms with Gasteiger partial charge in [-0.2, -0.15) is 0 Å². The van der Waals surface area contributed by atoms with Gasteiger partial charge in [-0.25, -0.2) is 4.79 Å². The van der Waals surface area contributed by atoms with Gasteiger partial charge in [0.15, 0.2) is 0 Å². The zero-order valence-electron chi connectivity index (χ0n) is 16.4. The average molecular weight is 376 g/mol. The number of hydrogen-bond donors (Lipinski definition) is 0. The standard InChI is InChI=1S/C20H28N2O5/c1-13(23)25-11-15-8-18(15)14-7-17(10-21-9-14)26-12-16-5-6-22(16)19(24)27-20(2,3)4/h7,9-10,15-16,18H,5-6,8,11-12H2,1-4H3. The third-order valence-electron chi connectivity index (χ3n) is 4.80. The summed E-state index contributed by atoms with van der Waals surface area (Å²) in [6.45, 7) is 8.58. The molecule has 0 spiro atoms. The first kappa shape index (κ1) is 19.5. The Morgan fingerprint density at radius 1 is 1.26 bits per heavy atom. The van der Waals surface area contributed by atoms with E-state index in [4.69, 9.17) is 14.2 Å². The Morgan fingerprint density at radius 2 is 2.04 bits per heavy atom. The van der Waals surface area contributed by atoms with Gasteiger partial charge in [0.25, 0.3) is 0 Å². The molecule has 1 amide bonds. The molecule has 0 aromatic carbocycles. The summed E-state index contributed by atoms with van der Waals surface area (Å²) in [5, 5.41) is 0. The van der Waals surface area contributed by atoms with E-state index < -0.39 is 5.60 Å². The molecule has 0 N–H and O–H groups in total. The van der Waals surface area contributed by atoms with E-state index in [9.17, 15) is 9.59 Å². The number of esters is 1. The fourth-order valence-electron chi connectivity index (χ4n) is 3.15. The van der Waals surface area contributed by atoms with Crippen molar-refractivity contribution in [3.8, 4) is 5.75 Å². The quantitative estimate of drug-likeness (QED) is 0.710. The smallest absolute Gasteiger partial charge is 0.410 e. The van der Waals surface area contributed by atoms with Crippen molar-refractivity contribution < 1.29 is 23.8 Å². The highest BCUT2D eigenvalue weighted by Crippen LogP contribution is 2.47. The number of rotatable bonds is 6. The molecule has 7 nitrogen and oxygen atoms in total. The lowest BCUT2D eigenvalue weighted by Gasteiger charge is -2.40. The summed E-state index contributed by atoms with van der Waals surface area (Å²) < 4.78 is 16.4. The molecule has 7 heteroatoms. The van der Waals surface area contributed by atoms with E-state index in [1.165, 1.54) is 6.92 Å². The lowest BCUT2D eigenvalue weighted by Crippen LogP contribution is -2.55. The molecule has 1 aromatic rings. The zero-order valence-corrected chi connectivity index (χ0v) is 16.4. The fourth-order valence-corrected chi connectivity index (χ4v) is 3.15. The number of pyridine rings is 1. The van der Waals surface area contributed by atoms with E-state index in [-0.39, 0.29) is 18.1 Å². The lowest BCUT2D eigenvalue weighted by molar-refractivity contribution is -0.141. The summed E-state index contributed by atoms with van der Waals surface area (Å²) in [6.07, 6.45) is 5.12. The van der Waals surface area contributed by atoms with E-state index in [0.29, 0.717) is 37.3 Å². The van der Waals surface area contributed by atoms with Crippen molar-refractivity contribution in [3.05, 3.63) is 24.0 Å². The SMILES string of the molecule is CC(=O)OCC1CC1c1cncc(OCC2CCN2C(=O)OC(C)(C)C)c1. The van der Waals surface area contributed by atoms with Crippen LogP contribution in [0.25, 0.3) is 0 Å². The van der Waals surface area contributed by atoms with Crippen molar-refractivity contribution in [1.82, 2.24) is 9.88 Å². The summed E-state index contributed by atoms with van der Waals surface area (Å²) in [6, 6.07) is 2.02. The monoisotopic (exact) mass is 376 g/mol. The minimum atomic E-state index is -0.497. The molecule has 1 aliphatic heterocycles. The summed E-state index contributed by atoms with van der Waals surface area (Å²) >= 11 is 0. The summed E-state index contributed by atoms with van der Waals surface area (Å²) in [7, 11) is 0. The van der Waals surface area contributed by atoms with Crippen molar-refractivity contribution in [2.75, 3.05) is 19.8 Å². The van der Waals surface area contributed by atoms with E-state index in [1.807, 2.05) is 33.0 Å². The second kappa shape index (κ2) is 7.74. The molecule has 1 aromatic heterocycles. The third-order valence-corrected chi connectivity index (χ3v) is 4.80. The van der Waals surface area contributed by atoms with Gasteiger partial charge in [0, 0.05) is 25.6 Å². The predicted molar refractivity (Wildman–Crippen MR) is 98.6 cm³/mol. The van der Waals surface area contributed by atoms with Gasteiger partial charge in [-0.05, 0) is 51.2 Å². The molecule has 3 atom stereocenters. The van der Waals surface area contributed by atoms with Crippen LogP contribution < -0.4 is 4.74 Å². The van der Waals surface area contributed by atoms with Gasteiger partial charge in [0.05, 0.1) is 18.8 Å². The molecule has 1 aliphatic carbocycles. The largest absolute Gasteiger partial charge is 0.490 e. The molecule has 0 radical (unpaired) electrons. The first-order valence-electron chi connectivity index (χ1n) is 9.43. The van der Waals surface area contributed by atoms with Crippen LogP contribution in [0.3, 0.4) is 0 Å². The second-order valence-electron chi connectivity index (χ2n) is 8.29. The van der Waals surface area contributed by atoms with Crippen molar-refractivity contribution in [1.29, 1.82) is 0 Å². The third kappa shape index (κ3) is 5.34. The van der Waals surface area contributed by atoms with Gasteiger partial charge < -0.3 is 19.1 Å². The van der Waals surface area contributed by atoms with Gasteiger partial charge in [0.1, 0.15) is 18.0 Å². The van der Waals surface area contributed by atoms with Gasteiger partial charge in [-0.15, -0.1) is 0 Å². The number of hydrogen-bond acceptors (Lipinski definition) is 6. The normalized spacial score (nSPS) is 24.0. The first-order chi connectivity index (χ1) is 12.7. The average Bonchev–Trinajstić information content (AvgIpc) is 3.30.